The van der Waals surface area contributed by atoms with Gasteiger partial charge in [-0.1, -0.05) is 35.4 Å². The minimum absolute atomic E-state index is 0.0567. The van der Waals surface area contributed by atoms with Gasteiger partial charge in [0.2, 0.25) is 0 Å². The molecule has 5 nitrogen and oxygen atoms in total. The summed E-state index contributed by atoms with van der Waals surface area (Å²) in [6, 6.07) is 18.6. The van der Waals surface area contributed by atoms with Crippen LogP contribution in [0.3, 0.4) is 0 Å². The molecule has 3 aromatic rings. The van der Waals surface area contributed by atoms with Gasteiger partial charge in [0.1, 0.15) is 0 Å². The van der Waals surface area contributed by atoms with Crippen molar-refractivity contribution >= 4 is 28.9 Å². The van der Waals surface area contributed by atoms with E-state index in [1.54, 1.807) is 12.1 Å². The standard InChI is InChI=1S/C20H15ClN2O3/c1-13-2-11-19(18(12-13)14-3-7-16(21)8-4-14)22-20(24)15-5-9-17(10-6-15)23(25)26/h2-12H,1H3,(H,22,24). The molecule has 0 radical (unpaired) electrons. The minimum atomic E-state index is -0.500. The van der Waals surface area contributed by atoms with Crippen molar-refractivity contribution < 1.29 is 9.72 Å². The zero-order valence-electron chi connectivity index (χ0n) is 13.9. The molecule has 6 heteroatoms. The third kappa shape index (κ3) is 3.90. The molecule has 0 atom stereocenters. The number of carbonyl (C=O) groups excluding carboxylic acids is 1. The number of aryl methyl sites for hydroxylation is 1. The molecule has 26 heavy (non-hydrogen) atoms. The van der Waals surface area contributed by atoms with Crippen LogP contribution in [0, 0.1) is 17.0 Å². The molecule has 1 amide bonds. The summed E-state index contributed by atoms with van der Waals surface area (Å²) in [6.07, 6.45) is 0. The van der Waals surface area contributed by atoms with Crippen molar-refractivity contribution in [3.63, 3.8) is 0 Å². The lowest BCUT2D eigenvalue weighted by Crippen LogP contribution is -2.12. The van der Waals surface area contributed by atoms with E-state index in [1.807, 2.05) is 37.3 Å². The fraction of sp³-hybridized carbons (Fsp3) is 0.0500. The average molecular weight is 367 g/mol. The van der Waals surface area contributed by atoms with Gasteiger partial charge in [-0.3, -0.25) is 14.9 Å². The molecule has 0 unspecified atom stereocenters. The normalized spacial score (nSPS) is 10.4. The Bertz CT molecular complexity index is 967. The van der Waals surface area contributed by atoms with E-state index in [-0.39, 0.29) is 11.6 Å². The Hall–Kier alpha value is -3.18. The highest BCUT2D eigenvalue weighted by Gasteiger charge is 2.13. The Morgan fingerprint density at radius 1 is 1.00 bits per heavy atom. The summed E-state index contributed by atoms with van der Waals surface area (Å²) < 4.78 is 0. The first-order chi connectivity index (χ1) is 12.4. The van der Waals surface area contributed by atoms with Crippen molar-refractivity contribution in [2.24, 2.45) is 0 Å². The zero-order chi connectivity index (χ0) is 18.7. The number of nitro groups is 1. The van der Waals surface area contributed by atoms with E-state index in [2.05, 4.69) is 5.32 Å². The maximum Gasteiger partial charge on any atom is 0.269 e. The molecule has 0 spiro atoms. The summed E-state index contributed by atoms with van der Waals surface area (Å²) in [5.74, 6) is -0.334. The molecule has 0 heterocycles. The predicted octanol–water partition coefficient (Wildman–Crippen LogP) is 5.48. The van der Waals surface area contributed by atoms with Crippen molar-refractivity contribution in [2.45, 2.75) is 6.92 Å². The van der Waals surface area contributed by atoms with Crippen LogP contribution < -0.4 is 5.32 Å². The van der Waals surface area contributed by atoms with Crippen LogP contribution in [0.4, 0.5) is 11.4 Å². The summed E-state index contributed by atoms with van der Waals surface area (Å²) in [5, 5.41) is 14.2. The van der Waals surface area contributed by atoms with E-state index in [9.17, 15) is 14.9 Å². The van der Waals surface area contributed by atoms with Gasteiger partial charge in [0, 0.05) is 34.0 Å². The number of anilines is 1. The molecule has 0 bridgehead atoms. The number of halogens is 1. The van der Waals surface area contributed by atoms with Crippen LogP contribution in [-0.4, -0.2) is 10.8 Å². The molecule has 3 aromatic carbocycles. The van der Waals surface area contributed by atoms with E-state index in [4.69, 9.17) is 11.6 Å². The second-order valence-corrected chi connectivity index (χ2v) is 6.25. The van der Waals surface area contributed by atoms with Gasteiger partial charge in [0.05, 0.1) is 4.92 Å². The Kier molecular flexibility index (Phi) is 5.00. The van der Waals surface area contributed by atoms with Gasteiger partial charge in [-0.2, -0.15) is 0 Å². The van der Waals surface area contributed by atoms with Crippen LogP contribution in [-0.2, 0) is 0 Å². The van der Waals surface area contributed by atoms with Gasteiger partial charge in [-0.05, 0) is 48.9 Å². The second kappa shape index (κ2) is 7.37. The summed E-state index contributed by atoms with van der Waals surface area (Å²) in [6.45, 7) is 1.97. The lowest BCUT2D eigenvalue weighted by atomic mass is 10.0. The Balaban J connectivity index is 1.90. The number of hydrogen-bond acceptors (Lipinski definition) is 3. The third-order valence-corrected chi connectivity index (χ3v) is 4.17. The fourth-order valence-corrected chi connectivity index (χ4v) is 2.69. The molecule has 0 saturated carbocycles. The van der Waals surface area contributed by atoms with Crippen LogP contribution in [0.1, 0.15) is 15.9 Å². The molecule has 0 aromatic heterocycles. The van der Waals surface area contributed by atoms with E-state index in [0.717, 1.165) is 16.7 Å². The first-order valence-corrected chi connectivity index (χ1v) is 8.24. The Morgan fingerprint density at radius 2 is 1.65 bits per heavy atom. The lowest BCUT2D eigenvalue weighted by molar-refractivity contribution is -0.384. The molecule has 0 saturated heterocycles. The minimum Gasteiger partial charge on any atom is -0.321 e. The molecule has 1 N–H and O–H groups in total. The van der Waals surface area contributed by atoms with Crippen LogP contribution in [0.15, 0.2) is 66.7 Å². The monoisotopic (exact) mass is 366 g/mol. The maximum atomic E-state index is 12.5. The van der Waals surface area contributed by atoms with Crippen molar-refractivity contribution in [1.29, 1.82) is 0 Å². The lowest BCUT2D eigenvalue weighted by Gasteiger charge is -2.13. The van der Waals surface area contributed by atoms with Gasteiger partial charge in [0.25, 0.3) is 11.6 Å². The molecule has 0 aliphatic heterocycles. The number of amides is 1. The van der Waals surface area contributed by atoms with Crippen LogP contribution in [0.2, 0.25) is 5.02 Å². The van der Waals surface area contributed by atoms with Crippen molar-refractivity contribution in [3.05, 3.63) is 93.0 Å². The number of non-ortho nitro benzene ring substituents is 1. The first kappa shape index (κ1) is 17.6. The van der Waals surface area contributed by atoms with Crippen LogP contribution in [0.25, 0.3) is 11.1 Å². The number of nitro benzene ring substituents is 1. The average Bonchev–Trinajstić information content (AvgIpc) is 2.64. The topological polar surface area (TPSA) is 72.2 Å². The SMILES string of the molecule is Cc1ccc(NC(=O)c2ccc([N+](=O)[O-])cc2)c(-c2ccc(Cl)cc2)c1. The van der Waals surface area contributed by atoms with Crippen LogP contribution >= 0.6 is 11.6 Å². The molecular formula is C20H15ClN2O3. The van der Waals surface area contributed by atoms with Crippen molar-refractivity contribution in [1.82, 2.24) is 0 Å². The van der Waals surface area contributed by atoms with Gasteiger partial charge in [0.15, 0.2) is 0 Å². The van der Waals surface area contributed by atoms with E-state index in [0.29, 0.717) is 16.3 Å². The van der Waals surface area contributed by atoms with Gasteiger partial charge in [-0.15, -0.1) is 0 Å². The first-order valence-electron chi connectivity index (χ1n) is 7.86. The number of benzene rings is 3. The molecule has 0 aliphatic rings. The summed E-state index contributed by atoms with van der Waals surface area (Å²) in [4.78, 5) is 22.7. The summed E-state index contributed by atoms with van der Waals surface area (Å²) in [5.41, 5.74) is 3.80. The largest absolute Gasteiger partial charge is 0.321 e. The van der Waals surface area contributed by atoms with Crippen LogP contribution in [0.5, 0.6) is 0 Å². The van der Waals surface area contributed by atoms with Gasteiger partial charge >= 0.3 is 0 Å². The summed E-state index contributed by atoms with van der Waals surface area (Å²) >= 11 is 5.95. The van der Waals surface area contributed by atoms with E-state index >= 15 is 0 Å². The predicted molar refractivity (Wildman–Crippen MR) is 103 cm³/mol. The molecule has 0 fully saturated rings. The number of carbonyl (C=O) groups is 1. The fourth-order valence-electron chi connectivity index (χ4n) is 2.56. The van der Waals surface area contributed by atoms with Gasteiger partial charge in [-0.25, -0.2) is 0 Å². The number of rotatable bonds is 4. The molecule has 130 valence electrons. The number of hydrogen-bond donors (Lipinski definition) is 1. The number of nitrogens with one attached hydrogen (secondary N) is 1. The van der Waals surface area contributed by atoms with Crippen molar-refractivity contribution in [2.75, 3.05) is 5.32 Å². The van der Waals surface area contributed by atoms with E-state index in [1.165, 1.54) is 24.3 Å². The van der Waals surface area contributed by atoms with E-state index < -0.39 is 4.92 Å². The molecular weight excluding hydrogens is 352 g/mol. The Labute approximate surface area is 155 Å². The maximum absolute atomic E-state index is 12.5. The third-order valence-electron chi connectivity index (χ3n) is 3.92. The molecule has 3 rings (SSSR count). The second-order valence-electron chi connectivity index (χ2n) is 5.81. The molecule has 0 aliphatic carbocycles. The highest BCUT2D eigenvalue weighted by molar-refractivity contribution is 6.30. The van der Waals surface area contributed by atoms with Gasteiger partial charge < -0.3 is 5.32 Å². The van der Waals surface area contributed by atoms with Crippen molar-refractivity contribution in [3.8, 4) is 11.1 Å². The number of nitrogens with zero attached hydrogens (tertiary/aromatic N) is 1. The smallest absolute Gasteiger partial charge is 0.269 e. The quantitative estimate of drug-likeness (QED) is 0.491. The summed E-state index contributed by atoms with van der Waals surface area (Å²) in [7, 11) is 0. The zero-order valence-corrected chi connectivity index (χ0v) is 14.7. The highest BCUT2D eigenvalue weighted by atomic mass is 35.5. The Morgan fingerprint density at radius 3 is 2.27 bits per heavy atom. The highest BCUT2D eigenvalue weighted by Crippen LogP contribution is 2.30.